The molecule has 0 aromatic carbocycles. The number of nitrogens with one attached hydrogen (secondary N) is 1. The van der Waals surface area contributed by atoms with Crippen LogP contribution in [0.15, 0.2) is 0 Å². The van der Waals surface area contributed by atoms with Crippen molar-refractivity contribution in [1.29, 1.82) is 0 Å². The summed E-state index contributed by atoms with van der Waals surface area (Å²) in [5.74, 6) is -2.32. The third-order valence-corrected chi connectivity index (χ3v) is 2.68. The second-order valence-electron chi connectivity index (χ2n) is 3.79. The minimum atomic E-state index is -4.46. The third kappa shape index (κ3) is 3.37. The first-order valence-corrected chi connectivity index (χ1v) is 4.90. The number of halogens is 3. The van der Waals surface area contributed by atoms with E-state index in [-0.39, 0.29) is 11.8 Å². The van der Waals surface area contributed by atoms with E-state index in [0.717, 1.165) is 19.3 Å². The molecule has 1 aliphatic rings. The number of carbonyl (C=O) groups excluding carboxylic acids is 1. The zero-order chi connectivity index (χ0) is 11.5. The monoisotopic (exact) mass is 225 g/mol. The Morgan fingerprint density at radius 2 is 2.07 bits per heavy atom. The molecule has 0 aliphatic heterocycles. The normalized spacial score (nSPS) is 19.5. The largest absolute Gasteiger partial charge is 0.396 e. The Kier molecular flexibility index (Phi) is 3.96. The molecule has 0 aromatic heterocycles. The molecule has 1 saturated carbocycles. The predicted octanol–water partition coefficient (Wildman–Crippen LogP) is 1.07. The number of aliphatic hydroxyl groups is 1. The Labute approximate surface area is 85.7 Å². The standard InChI is InChI=1S/C9H14F3NO2/c10-9(11,12)7(5-14)4-13-8(15)6-2-1-3-6/h6-7,14H,1-5H2,(H,13,15). The first kappa shape index (κ1) is 12.3. The van der Waals surface area contributed by atoms with Gasteiger partial charge in [0.25, 0.3) is 0 Å². The van der Waals surface area contributed by atoms with E-state index < -0.39 is 25.2 Å². The topological polar surface area (TPSA) is 49.3 Å². The fourth-order valence-corrected chi connectivity index (χ4v) is 1.32. The number of amides is 1. The van der Waals surface area contributed by atoms with Crippen LogP contribution in [0.4, 0.5) is 13.2 Å². The minimum Gasteiger partial charge on any atom is -0.396 e. The Bertz CT molecular complexity index is 226. The van der Waals surface area contributed by atoms with Gasteiger partial charge in [-0.05, 0) is 12.8 Å². The van der Waals surface area contributed by atoms with Gasteiger partial charge in [0.05, 0.1) is 12.5 Å². The molecule has 1 unspecified atom stereocenters. The zero-order valence-electron chi connectivity index (χ0n) is 8.18. The molecule has 0 heterocycles. The molecule has 88 valence electrons. The summed E-state index contributed by atoms with van der Waals surface area (Å²) < 4.78 is 36.5. The maximum absolute atomic E-state index is 12.2. The molecule has 15 heavy (non-hydrogen) atoms. The Hall–Kier alpha value is -0.780. The van der Waals surface area contributed by atoms with E-state index in [4.69, 9.17) is 5.11 Å². The van der Waals surface area contributed by atoms with Gasteiger partial charge in [-0.1, -0.05) is 6.42 Å². The highest BCUT2D eigenvalue weighted by atomic mass is 19.4. The van der Waals surface area contributed by atoms with Crippen LogP contribution in [0, 0.1) is 11.8 Å². The van der Waals surface area contributed by atoms with Gasteiger partial charge in [-0.25, -0.2) is 0 Å². The van der Waals surface area contributed by atoms with Crippen LogP contribution < -0.4 is 5.32 Å². The number of aliphatic hydroxyl groups excluding tert-OH is 1. The first-order valence-electron chi connectivity index (χ1n) is 4.90. The van der Waals surface area contributed by atoms with Crippen molar-refractivity contribution in [3.05, 3.63) is 0 Å². The summed E-state index contributed by atoms with van der Waals surface area (Å²) >= 11 is 0. The molecule has 0 radical (unpaired) electrons. The highest BCUT2D eigenvalue weighted by molar-refractivity contribution is 5.79. The van der Waals surface area contributed by atoms with Crippen LogP contribution in [0.3, 0.4) is 0 Å². The molecule has 0 bridgehead atoms. The number of hydrogen-bond acceptors (Lipinski definition) is 2. The summed E-state index contributed by atoms with van der Waals surface area (Å²) in [6.07, 6.45) is -1.99. The lowest BCUT2D eigenvalue weighted by atomic mass is 9.85. The average Bonchev–Trinajstić information content (AvgIpc) is 1.99. The van der Waals surface area contributed by atoms with Gasteiger partial charge in [-0.3, -0.25) is 4.79 Å². The van der Waals surface area contributed by atoms with Gasteiger partial charge in [-0.2, -0.15) is 13.2 Å². The molecule has 3 nitrogen and oxygen atoms in total. The van der Waals surface area contributed by atoms with Crippen LogP contribution >= 0.6 is 0 Å². The lowest BCUT2D eigenvalue weighted by Crippen LogP contribution is -2.42. The van der Waals surface area contributed by atoms with Crippen molar-refractivity contribution >= 4 is 5.91 Å². The van der Waals surface area contributed by atoms with Gasteiger partial charge in [-0.15, -0.1) is 0 Å². The molecule has 1 rings (SSSR count). The van der Waals surface area contributed by atoms with Crippen molar-refractivity contribution in [3.63, 3.8) is 0 Å². The molecule has 0 spiro atoms. The fourth-order valence-electron chi connectivity index (χ4n) is 1.32. The molecule has 2 N–H and O–H groups in total. The molecular formula is C9H14F3NO2. The van der Waals surface area contributed by atoms with Crippen molar-refractivity contribution in [2.24, 2.45) is 11.8 Å². The van der Waals surface area contributed by atoms with Crippen LogP contribution in [0.2, 0.25) is 0 Å². The van der Waals surface area contributed by atoms with Crippen LogP contribution in [-0.2, 0) is 4.79 Å². The smallest absolute Gasteiger partial charge is 0.395 e. The molecule has 0 aromatic rings. The van der Waals surface area contributed by atoms with Gasteiger partial charge >= 0.3 is 6.18 Å². The number of carbonyl (C=O) groups is 1. The molecule has 1 atom stereocenters. The zero-order valence-corrected chi connectivity index (χ0v) is 8.18. The Morgan fingerprint density at radius 3 is 2.40 bits per heavy atom. The van der Waals surface area contributed by atoms with Crippen molar-refractivity contribution in [3.8, 4) is 0 Å². The van der Waals surface area contributed by atoms with Crippen molar-refractivity contribution < 1.29 is 23.1 Å². The molecule has 0 saturated heterocycles. The van der Waals surface area contributed by atoms with E-state index in [1.54, 1.807) is 0 Å². The lowest BCUT2D eigenvalue weighted by molar-refractivity contribution is -0.182. The molecule has 6 heteroatoms. The third-order valence-electron chi connectivity index (χ3n) is 2.68. The van der Waals surface area contributed by atoms with E-state index in [1.807, 2.05) is 0 Å². The predicted molar refractivity (Wildman–Crippen MR) is 47.0 cm³/mol. The molecule has 1 fully saturated rings. The van der Waals surface area contributed by atoms with E-state index in [9.17, 15) is 18.0 Å². The molecular weight excluding hydrogens is 211 g/mol. The second-order valence-corrected chi connectivity index (χ2v) is 3.79. The average molecular weight is 225 g/mol. The minimum absolute atomic E-state index is 0.127. The summed E-state index contributed by atoms with van der Waals surface area (Å²) in [7, 11) is 0. The second kappa shape index (κ2) is 4.83. The summed E-state index contributed by atoms with van der Waals surface area (Å²) in [6, 6.07) is 0. The van der Waals surface area contributed by atoms with Gasteiger partial charge in [0.15, 0.2) is 0 Å². The van der Waals surface area contributed by atoms with E-state index in [2.05, 4.69) is 5.32 Å². The van der Waals surface area contributed by atoms with Gasteiger partial charge in [0.2, 0.25) is 5.91 Å². The maximum atomic E-state index is 12.2. The number of alkyl halides is 3. The van der Waals surface area contributed by atoms with Crippen LogP contribution in [0.5, 0.6) is 0 Å². The SMILES string of the molecule is O=C(NCC(CO)C(F)(F)F)C1CCC1. The summed E-state index contributed by atoms with van der Waals surface area (Å²) in [4.78, 5) is 11.2. The molecule has 1 amide bonds. The highest BCUT2D eigenvalue weighted by Crippen LogP contribution is 2.27. The van der Waals surface area contributed by atoms with E-state index in [1.165, 1.54) is 0 Å². The summed E-state index contributed by atoms with van der Waals surface area (Å²) in [5, 5.41) is 10.7. The lowest BCUT2D eigenvalue weighted by Gasteiger charge is -2.25. The van der Waals surface area contributed by atoms with Crippen LogP contribution in [-0.4, -0.2) is 30.3 Å². The van der Waals surface area contributed by atoms with Crippen LogP contribution in [0.25, 0.3) is 0 Å². The van der Waals surface area contributed by atoms with Crippen molar-refractivity contribution in [1.82, 2.24) is 5.32 Å². The number of rotatable bonds is 4. The maximum Gasteiger partial charge on any atom is 0.395 e. The fraction of sp³-hybridized carbons (Fsp3) is 0.889. The summed E-state index contributed by atoms with van der Waals surface area (Å²) in [5.41, 5.74) is 0. The Balaban J connectivity index is 2.30. The molecule has 1 aliphatic carbocycles. The summed E-state index contributed by atoms with van der Waals surface area (Å²) in [6.45, 7) is -1.52. The first-order chi connectivity index (χ1) is 6.95. The van der Waals surface area contributed by atoms with Gasteiger partial charge < -0.3 is 10.4 Å². The van der Waals surface area contributed by atoms with E-state index >= 15 is 0 Å². The van der Waals surface area contributed by atoms with Crippen molar-refractivity contribution in [2.45, 2.75) is 25.4 Å². The van der Waals surface area contributed by atoms with E-state index in [0.29, 0.717) is 0 Å². The number of hydrogen-bond donors (Lipinski definition) is 2. The highest BCUT2D eigenvalue weighted by Gasteiger charge is 2.39. The quantitative estimate of drug-likeness (QED) is 0.752. The van der Waals surface area contributed by atoms with Gasteiger partial charge in [0, 0.05) is 12.5 Å². The van der Waals surface area contributed by atoms with Gasteiger partial charge in [0.1, 0.15) is 0 Å². The Morgan fingerprint density at radius 1 is 1.47 bits per heavy atom. The van der Waals surface area contributed by atoms with Crippen molar-refractivity contribution in [2.75, 3.05) is 13.2 Å². The van der Waals surface area contributed by atoms with Crippen LogP contribution in [0.1, 0.15) is 19.3 Å².